The van der Waals surface area contributed by atoms with Crippen LogP contribution >= 0.6 is 0 Å². The molecule has 3 rings (SSSR count). The normalized spacial score (nSPS) is 20.2. The van der Waals surface area contributed by atoms with Crippen LogP contribution in [-0.4, -0.2) is 52.0 Å². The fourth-order valence-electron chi connectivity index (χ4n) is 2.35. The summed E-state index contributed by atoms with van der Waals surface area (Å²) in [5.74, 6) is 0.444. The fraction of sp³-hybridized carbons (Fsp3) is 0.462. The highest BCUT2D eigenvalue weighted by molar-refractivity contribution is 7.89. The molecule has 1 aliphatic heterocycles. The van der Waals surface area contributed by atoms with Crippen molar-refractivity contribution < 1.29 is 13.2 Å². The summed E-state index contributed by atoms with van der Waals surface area (Å²) in [5.41, 5.74) is 0.783. The Kier molecular flexibility index (Phi) is 3.94. The molecule has 0 radical (unpaired) electrons. The topological polar surface area (TPSA) is 90.2 Å². The van der Waals surface area contributed by atoms with Gasteiger partial charge in [-0.25, -0.2) is 23.4 Å². The van der Waals surface area contributed by atoms with Crippen LogP contribution in [0.1, 0.15) is 17.6 Å². The first-order valence-electron chi connectivity index (χ1n) is 6.85. The highest BCUT2D eigenvalue weighted by atomic mass is 32.2. The van der Waals surface area contributed by atoms with Gasteiger partial charge in [0.05, 0.1) is 19.5 Å². The first kappa shape index (κ1) is 15.1. The van der Waals surface area contributed by atoms with Crippen LogP contribution in [0.5, 0.6) is 0 Å². The average Bonchev–Trinajstić information content (AvgIpc) is 2.95. The number of hydrogen-bond donors (Lipinski definition) is 0. The Balaban J connectivity index is 1.99. The molecule has 9 heteroatoms. The van der Waals surface area contributed by atoms with Gasteiger partial charge in [0.25, 0.3) is 10.0 Å². The van der Waals surface area contributed by atoms with Gasteiger partial charge >= 0.3 is 0 Å². The van der Waals surface area contributed by atoms with Gasteiger partial charge in [0.1, 0.15) is 11.9 Å². The molecular weight excluding hydrogens is 306 g/mol. The van der Waals surface area contributed by atoms with Gasteiger partial charge in [-0.1, -0.05) is 0 Å². The first-order valence-corrected chi connectivity index (χ1v) is 8.29. The molecule has 0 saturated carbocycles. The molecule has 1 aliphatic rings. The molecule has 8 nitrogen and oxygen atoms in total. The summed E-state index contributed by atoms with van der Waals surface area (Å²) in [6.45, 7) is 2.66. The Hall–Kier alpha value is -1.84. The van der Waals surface area contributed by atoms with E-state index >= 15 is 0 Å². The summed E-state index contributed by atoms with van der Waals surface area (Å²) in [4.78, 5) is 12.5. The third-order valence-electron chi connectivity index (χ3n) is 3.45. The molecule has 118 valence electrons. The molecule has 1 fully saturated rings. The van der Waals surface area contributed by atoms with Crippen molar-refractivity contribution in [2.45, 2.75) is 18.0 Å². The second-order valence-electron chi connectivity index (χ2n) is 5.14. The lowest BCUT2D eigenvalue weighted by atomic mass is 10.2. The lowest BCUT2D eigenvalue weighted by Crippen LogP contribution is -2.44. The standard InChI is InChI=1S/C13H17N5O3S/c1-10-3-4-14-13(16-10)11-8-21-6-5-18(11)22(19,20)12-7-17(2)9-15-12/h3-4,7,9,11H,5-6,8H2,1-2H3/t11-/m1/s1. The maximum absolute atomic E-state index is 12.8. The number of imidazole rings is 1. The zero-order valence-electron chi connectivity index (χ0n) is 12.4. The van der Waals surface area contributed by atoms with Crippen LogP contribution < -0.4 is 0 Å². The van der Waals surface area contributed by atoms with E-state index in [1.165, 1.54) is 16.8 Å². The number of morpholine rings is 1. The molecule has 0 N–H and O–H groups in total. The van der Waals surface area contributed by atoms with Crippen LogP contribution in [0.2, 0.25) is 0 Å². The van der Waals surface area contributed by atoms with Crippen molar-refractivity contribution in [3.05, 3.63) is 36.3 Å². The zero-order valence-corrected chi connectivity index (χ0v) is 13.2. The molecule has 0 aromatic carbocycles. The van der Waals surface area contributed by atoms with E-state index in [0.717, 1.165) is 5.69 Å². The van der Waals surface area contributed by atoms with Gasteiger partial charge in [0, 0.05) is 31.7 Å². The van der Waals surface area contributed by atoms with Gasteiger partial charge in [-0.05, 0) is 13.0 Å². The summed E-state index contributed by atoms with van der Waals surface area (Å²) in [6, 6.07) is 1.23. The molecule has 1 saturated heterocycles. The Morgan fingerprint density at radius 2 is 2.18 bits per heavy atom. The molecular formula is C13H17N5O3S. The summed E-state index contributed by atoms with van der Waals surface area (Å²) in [5, 5.41) is 0.0227. The third-order valence-corrected chi connectivity index (χ3v) is 5.24. The molecule has 2 aromatic rings. The molecule has 0 unspecified atom stereocenters. The number of sulfonamides is 1. The lowest BCUT2D eigenvalue weighted by Gasteiger charge is -2.32. The molecule has 22 heavy (non-hydrogen) atoms. The third kappa shape index (κ3) is 2.74. The van der Waals surface area contributed by atoms with E-state index in [0.29, 0.717) is 12.4 Å². The first-order chi connectivity index (χ1) is 10.5. The quantitative estimate of drug-likeness (QED) is 0.806. The Bertz CT molecular complexity index is 773. The number of nitrogens with zero attached hydrogens (tertiary/aromatic N) is 5. The summed E-state index contributed by atoms with van der Waals surface area (Å²) >= 11 is 0. The van der Waals surface area contributed by atoms with Crippen molar-refractivity contribution in [2.75, 3.05) is 19.8 Å². The van der Waals surface area contributed by atoms with Crippen molar-refractivity contribution in [1.29, 1.82) is 0 Å². The van der Waals surface area contributed by atoms with Crippen LogP contribution in [0.25, 0.3) is 0 Å². The van der Waals surface area contributed by atoms with Crippen LogP contribution in [0.15, 0.2) is 29.8 Å². The summed E-state index contributed by atoms with van der Waals surface area (Å²) < 4.78 is 34.0. The largest absolute Gasteiger partial charge is 0.378 e. The second-order valence-corrected chi connectivity index (χ2v) is 6.98. The molecule has 3 heterocycles. The minimum absolute atomic E-state index is 0.0227. The number of aryl methyl sites for hydroxylation is 2. The van der Waals surface area contributed by atoms with Gasteiger partial charge in [0.2, 0.25) is 0 Å². The van der Waals surface area contributed by atoms with E-state index in [1.807, 2.05) is 6.92 Å². The molecule has 2 aromatic heterocycles. The van der Waals surface area contributed by atoms with Crippen molar-refractivity contribution >= 4 is 10.0 Å². The Labute approximate surface area is 128 Å². The van der Waals surface area contributed by atoms with Crippen molar-refractivity contribution in [1.82, 2.24) is 23.8 Å². The maximum Gasteiger partial charge on any atom is 0.262 e. The van der Waals surface area contributed by atoms with E-state index in [4.69, 9.17) is 4.74 Å². The van der Waals surface area contributed by atoms with Crippen molar-refractivity contribution in [2.24, 2.45) is 7.05 Å². The van der Waals surface area contributed by atoms with Gasteiger partial charge < -0.3 is 9.30 Å². The van der Waals surface area contributed by atoms with Crippen LogP contribution in [0, 0.1) is 6.92 Å². The number of ether oxygens (including phenoxy) is 1. The van der Waals surface area contributed by atoms with Gasteiger partial charge in [-0.2, -0.15) is 4.31 Å². The van der Waals surface area contributed by atoms with Crippen LogP contribution in [-0.2, 0) is 21.8 Å². The molecule has 0 spiro atoms. The SMILES string of the molecule is Cc1ccnc([C@H]2COCCN2S(=O)(=O)c2cn(C)cn2)n1. The number of aromatic nitrogens is 4. The summed E-state index contributed by atoms with van der Waals surface area (Å²) in [6.07, 6.45) is 4.57. The van der Waals surface area contributed by atoms with Crippen LogP contribution in [0.3, 0.4) is 0 Å². The van der Waals surface area contributed by atoms with Crippen LogP contribution in [0.4, 0.5) is 0 Å². The predicted octanol–water partition coefficient (Wildman–Crippen LogP) is 0.281. The van der Waals surface area contributed by atoms with Gasteiger partial charge in [-0.15, -0.1) is 0 Å². The maximum atomic E-state index is 12.8. The van der Waals surface area contributed by atoms with E-state index in [1.54, 1.807) is 23.9 Å². The van der Waals surface area contributed by atoms with E-state index < -0.39 is 16.1 Å². The Morgan fingerprint density at radius 1 is 1.36 bits per heavy atom. The molecule has 0 bridgehead atoms. The Morgan fingerprint density at radius 3 is 2.86 bits per heavy atom. The number of rotatable bonds is 3. The van der Waals surface area contributed by atoms with Crippen molar-refractivity contribution in [3.63, 3.8) is 0 Å². The fourth-order valence-corrected chi connectivity index (χ4v) is 3.88. The second kappa shape index (κ2) is 5.75. The monoisotopic (exact) mass is 323 g/mol. The molecule has 0 amide bonds. The number of hydrogen-bond acceptors (Lipinski definition) is 6. The van der Waals surface area contributed by atoms with Gasteiger partial charge in [-0.3, -0.25) is 0 Å². The zero-order chi connectivity index (χ0) is 15.7. The summed E-state index contributed by atoms with van der Waals surface area (Å²) in [7, 11) is -1.98. The highest BCUT2D eigenvalue weighted by Gasteiger charge is 2.37. The van der Waals surface area contributed by atoms with Gasteiger partial charge in [0.15, 0.2) is 5.03 Å². The predicted molar refractivity (Wildman–Crippen MR) is 77.4 cm³/mol. The van der Waals surface area contributed by atoms with Crippen molar-refractivity contribution in [3.8, 4) is 0 Å². The average molecular weight is 323 g/mol. The molecule has 1 atom stereocenters. The van der Waals surface area contributed by atoms with E-state index in [2.05, 4.69) is 15.0 Å². The lowest BCUT2D eigenvalue weighted by molar-refractivity contribution is 0.0288. The molecule has 0 aliphatic carbocycles. The highest BCUT2D eigenvalue weighted by Crippen LogP contribution is 2.27. The van der Waals surface area contributed by atoms with E-state index in [9.17, 15) is 8.42 Å². The van der Waals surface area contributed by atoms with E-state index in [-0.39, 0.29) is 18.2 Å². The smallest absolute Gasteiger partial charge is 0.262 e. The minimum atomic E-state index is -3.71. The minimum Gasteiger partial charge on any atom is -0.378 e.